The largest absolute Gasteiger partial charge is 0.351 e. The van der Waals surface area contributed by atoms with Crippen LogP contribution in [0.1, 0.15) is 34.1 Å². The van der Waals surface area contributed by atoms with Crippen LogP contribution in [0.25, 0.3) is 0 Å². The second-order valence-corrected chi connectivity index (χ2v) is 5.92. The summed E-state index contributed by atoms with van der Waals surface area (Å²) in [7, 11) is 0. The van der Waals surface area contributed by atoms with Crippen LogP contribution in [-0.4, -0.2) is 29.0 Å². The first-order valence-electron chi connectivity index (χ1n) is 4.98. The number of thioether (sulfide) groups is 1. The van der Waals surface area contributed by atoms with Crippen LogP contribution in [0.4, 0.5) is 0 Å². The lowest BCUT2D eigenvalue weighted by molar-refractivity contribution is -0.119. The number of nitrogens with two attached hydrogens (primary N) is 1. The van der Waals surface area contributed by atoms with E-state index < -0.39 is 0 Å². The first-order valence-corrected chi connectivity index (χ1v) is 6.02. The van der Waals surface area contributed by atoms with Gasteiger partial charge in [-0.1, -0.05) is 6.92 Å². The first-order chi connectivity index (χ1) is 6.35. The number of carbonyl (C=O) groups is 1. The van der Waals surface area contributed by atoms with Gasteiger partial charge >= 0.3 is 0 Å². The third-order valence-corrected chi connectivity index (χ3v) is 2.82. The fourth-order valence-corrected chi connectivity index (χ4v) is 1.80. The average Bonchev–Trinajstić information content (AvgIpc) is 1.98. The Bertz CT molecular complexity index is 177. The summed E-state index contributed by atoms with van der Waals surface area (Å²) in [6, 6.07) is 0. The molecule has 4 heteroatoms. The van der Waals surface area contributed by atoms with Crippen molar-refractivity contribution in [2.24, 2.45) is 5.73 Å². The normalized spacial score (nSPS) is 13.8. The van der Waals surface area contributed by atoms with Crippen LogP contribution in [0.5, 0.6) is 0 Å². The summed E-state index contributed by atoms with van der Waals surface area (Å²) in [6.07, 6.45) is 0.966. The van der Waals surface area contributed by atoms with Crippen molar-refractivity contribution in [1.29, 1.82) is 0 Å². The predicted octanol–water partition coefficient (Wildman–Crippen LogP) is 1.37. The lowest BCUT2D eigenvalue weighted by Gasteiger charge is -2.20. The minimum absolute atomic E-state index is 0.103. The van der Waals surface area contributed by atoms with Crippen LogP contribution < -0.4 is 11.1 Å². The molecule has 3 N–H and O–H groups in total. The standard InChI is InChI=1S/C10H22N2OS/c1-8(5-6-11)14-7-9(13)12-10(2,3)4/h8H,5-7,11H2,1-4H3,(H,12,13). The molecule has 0 spiro atoms. The van der Waals surface area contributed by atoms with E-state index in [1.165, 1.54) is 0 Å². The maximum absolute atomic E-state index is 11.4. The van der Waals surface area contributed by atoms with Gasteiger partial charge in [-0.05, 0) is 33.7 Å². The molecular formula is C10H22N2OS. The number of hydrogen-bond donors (Lipinski definition) is 2. The van der Waals surface area contributed by atoms with E-state index in [1.54, 1.807) is 11.8 Å². The highest BCUT2D eigenvalue weighted by atomic mass is 32.2. The lowest BCUT2D eigenvalue weighted by atomic mass is 10.1. The van der Waals surface area contributed by atoms with E-state index in [0.717, 1.165) is 6.42 Å². The van der Waals surface area contributed by atoms with E-state index in [0.29, 0.717) is 17.5 Å². The number of rotatable bonds is 5. The molecule has 0 fully saturated rings. The van der Waals surface area contributed by atoms with Gasteiger partial charge in [0, 0.05) is 10.8 Å². The molecule has 0 rings (SSSR count). The Balaban J connectivity index is 3.64. The highest BCUT2D eigenvalue weighted by Gasteiger charge is 2.14. The Kier molecular flexibility index (Phi) is 6.20. The van der Waals surface area contributed by atoms with Crippen molar-refractivity contribution in [2.75, 3.05) is 12.3 Å². The fraction of sp³-hybridized carbons (Fsp3) is 0.900. The number of carbonyl (C=O) groups excluding carboxylic acids is 1. The molecular weight excluding hydrogens is 196 g/mol. The number of hydrogen-bond acceptors (Lipinski definition) is 3. The highest BCUT2D eigenvalue weighted by molar-refractivity contribution is 8.00. The van der Waals surface area contributed by atoms with Crippen LogP contribution in [0.15, 0.2) is 0 Å². The van der Waals surface area contributed by atoms with Gasteiger partial charge in [0.1, 0.15) is 0 Å². The zero-order chi connectivity index (χ0) is 11.2. The van der Waals surface area contributed by atoms with Crippen LogP contribution in [0, 0.1) is 0 Å². The molecule has 3 nitrogen and oxygen atoms in total. The topological polar surface area (TPSA) is 55.1 Å². The molecule has 0 aliphatic carbocycles. The second-order valence-electron chi connectivity index (χ2n) is 4.50. The van der Waals surface area contributed by atoms with Gasteiger partial charge in [0.05, 0.1) is 5.75 Å². The minimum Gasteiger partial charge on any atom is -0.351 e. The van der Waals surface area contributed by atoms with E-state index in [9.17, 15) is 4.79 Å². The summed E-state index contributed by atoms with van der Waals surface area (Å²) in [5.74, 6) is 0.629. The molecule has 0 aromatic heterocycles. The molecule has 0 aliphatic rings. The molecule has 0 heterocycles. The first kappa shape index (κ1) is 13.8. The molecule has 0 saturated carbocycles. The predicted molar refractivity (Wildman–Crippen MR) is 63.5 cm³/mol. The van der Waals surface area contributed by atoms with Gasteiger partial charge in [-0.3, -0.25) is 4.79 Å². The molecule has 0 aromatic rings. The van der Waals surface area contributed by atoms with Gasteiger partial charge in [0.15, 0.2) is 0 Å². The van der Waals surface area contributed by atoms with Crippen molar-refractivity contribution in [3.05, 3.63) is 0 Å². The van der Waals surface area contributed by atoms with E-state index in [2.05, 4.69) is 12.2 Å². The third kappa shape index (κ3) is 8.38. The maximum atomic E-state index is 11.4. The Labute approximate surface area is 91.2 Å². The quantitative estimate of drug-likeness (QED) is 0.733. The molecule has 1 amide bonds. The van der Waals surface area contributed by atoms with Crippen molar-refractivity contribution < 1.29 is 4.79 Å². The van der Waals surface area contributed by atoms with Crippen molar-refractivity contribution >= 4 is 17.7 Å². The minimum atomic E-state index is -0.130. The molecule has 0 saturated heterocycles. The van der Waals surface area contributed by atoms with E-state index in [4.69, 9.17) is 5.73 Å². The molecule has 0 aromatic carbocycles. The van der Waals surface area contributed by atoms with Crippen LogP contribution in [0.2, 0.25) is 0 Å². The summed E-state index contributed by atoms with van der Waals surface area (Å²) >= 11 is 1.66. The Morgan fingerprint density at radius 2 is 2.07 bits per heavy atom. The SMILES string of the molecule is CC(CCN)SCC(=O)NC(C)(C)C. The van der Waals surface area contributed by atoms with Crippen LogP contribution >= 0.6 is 11.8 Å². The summed E-state index contributed by atoms with van der Waals surface area (Å²) in [5.41, 5.74) is 5.29. The lowest BCUT2D eigenvalue weighted by Crippen LogP contribution is -2.41. The van der Waals surface area contributed by atoms with E-state index in [-0.39, 0.29) is 11.4 Å². The van der Waals surface area contributed by atoms with Gasteiger partial charge in [-0.2, -0.15) is 0 Å². The van der Waals surface area contributed by atoms with Gasteiger partial charge in [0.25, 0.3) is 0 Å². The second kappa shape index (κ2) is 6.30. The molecule has 0 bridgehead atoms. The molecule has 1 unspecified atom stereocenters. The Morgan fingerprint density at radius 1 is 1.50 bits per heavy atom. The summed E-state index contributed by atoms with van der Waals surface area (Å²) in [4.78, 5) is 11.4. The highest BCUT2D eigenvalue weighted by Crippen LogP contribution is 2.13. The molecule has 0 radical (unpaired) electrons. The van der Waals surface area contributed by atoms with Gasteiger partial charge in [0.2, 0.25) is 5.91 Å². The van der Waals surface area contributed by atoms with E-state index >= 15 is 0 Å². The van der Waals surface area contributed by atoms with Crippen molar-refractivity contribution in [3.8, 4) is 0 Å². The molecule has 1 atom stereocenters. The zero-order valence-electron chi connectivity index (χ0n) is 9.59. The maximum Gasteiger partial charge on any atom is 0.230 e. The monoisotopic (exact) mass is 218 g/mol. The summed E-state index contributed by atoms with van der Waals surface area (Å²) < 4.78 is 0. The smallest absolute Gasteiger partial charge is 0.230 e. The summed E-state index contributed by atoms with van der Waals surface area (Å²) in [5, 5.41) is 3.39. The van der Waals surface area contributed by atoms with E-state index in [1.807, 2.05) is 20.8 Å². The van der Waals surface area contributed by atoms with Crippen molar-refractivity contribution in [3.63, 3.8) is 0 Å². The zero-order valence-corrected chi connectivity index (χ0v) is 10.4. The number of amides is 1. The van der Waals surface area contributed by atoms with Gasteiger partial charge in [-0.25, -0.2) is 0 Å². The fourth-order valence-electron chi connectivity index (χ4n) is 0.990. The van der Waals surface area contributed by atoms with Crippen molar-refractivity contribution in [1.82, 2.24) is 5.32 Å². The van der Waals surface area contributed by atoms with Crippen LogP contribution in [-0.2, 0) is 4.79 Å². The van der Waals surface area contributed by atoms with Crippen molar-refractivity contribution in [2.45, 2.75) is 44.9 Å². The molecule has 0 aliphatic heterocycles. The summed E-state index contributed by atoms with van der Waals surface area (Å²) in [6.45, 7) is 8.74. The van der Waals surface area contributed by atoms with Gasteiger partial charge < -0.3 is 11.1 Å². The Hall–Kier alpha value is -0.220. The number of nitrogens with one attached hydrogen (secondary N) is 1. The third-order valence-electron chi connectivity index (χ3n) is 1.59. The molecule has 14 heavy (non-hydrogen) atoms. The molecule has 84 valence electrons. The van der Waals surface area contributed by atoms with Gasteiger partial charge in [-0.15, -0.1) is 11.8 Å². The Morgan fingerprint density at radius 3 is 2.50 bits per heavy atom. The van der Waals surface area contributed by atoms with Crippen LogP contribution in [0.3, 0.4) is 0 Å². The average molecular weight is 218 g/mol.